The summed E-state index contributed by atoms with van der Waals surface area (Å²) >= 11 is 0. The molecule has 96 valence electrons. The molecule has 0 atom stereocenters. The van der Waals surface area contributed by atoms with Crippen LogP contribution in [0.15, 0.2) is 30.3 Å². The lowest BCUT2D eigenvalue weighted by Crippen LogP contribution is -2.09. The quantitative estimate of drug-likeness (QED) is 0.378. The molecule has 5 heteroatoms. The Bertz CT molecular complexity index is 462. The van der Waals surface area contributed by atoms with E-state index < -0.39 is 24.0 Å². The summed E-state index contributed by atoms with van der Waals surface area (Å²) in [6.07, 6.45) is 0.489. The van der Waals surface area contributed by atoms with Crippen molar-refractivity contribution in [2.24, 2.45) is 0 Å². The van der Waals surface area contributed by atoms with E-state index in [2.05, 4.69) is 4.74 Å². The van der Waals surface area contributed by atoms with Crippen LogP contribution in [0.5, 0.6) is 0 Å². The minimum atomic E-state index is -0.648. The van der Waals surface area contributed by atoms with Gasteiger partial charge in [-0.1, -0.05) is 0 Å². The first-order valence-electron chi connectivity index (χ1n) is 5.38. The number of carbonyl (C=O) groups is 2. The van der Waals surface area contributed by atoms with Crippen LogP contribution in [0, 0.1) is 5.82 Å². The predicted molar refractivity (Wildman–Crippen MR) is 63.3 cm³/mol. The van der Waals surface area contributed by atoms with Crippen LogP contribution in [0.2, 0.25) is 0 Å². The van der Waals surface area contributed by atoms with E-state index in [9.17, 15) is 19.1 Å². The molecule has 0 amide bonds. The van der Waals surface area contributed by atoms with Crippen molar-refractivity contribution in [1.82, 2.24) is 0 Å². The van der Waals surface area contributed by atoms with E-state index in [0.29, 0.717) is 5.56 Å². The van der Waals surface area contributed by atoms with Crippen molar-refractivity contribution >= 4 is 17.5 Å². The summed E-state index contributed by atoms with van der Waals surface area (Å²) in [5.74, 6) is -1.98. The number of ketones is 1. The molecule has 18 heavy (non-hydrogen) atoms. The lowest BCUT2D eigenvalue weighted by molar-refractivity contribution is -0.144. The zero-order chi connectivity index (χ0) is 13.5. The molecule has 0 fully saturated rings. The Balaban J connectivity index is 2.68. The van der Waals surface area contributed by atoms with Gasteiger partial charge in [0.05, 0.1) is 6.61 Å². The fourth-order valence-corrected chi connectivity index (χ4v) is 1.26. The maximum atomic E-state index is 12.6. The van der Waals surface area contributed by atoms with Crippen molar-refractivity contribution in [3.63, 3.8) is 0 Å². The number of ether oxygens (including phenoxy) is 1. The van der Waals surface area contributed by atoms with Gasteiger partial charge >= 0.3 is 5.97 Å². The Labute approximate surface area is 104 Å². The molecule has 0 saturated carbocycles. The smallest absolute Gasteiger partial charge is 0.313 e. The maximum Gasteiger partial charge on any atom is 0.313 e. The number of allylic oxidation sites excluding steroid dienone is 1. The van der Waals surface area contributed by atoms with Crippen LogP contribution >= 0.6 is 0 Å². The summed E-state index contributed by atoms with van der Waals surface area (Å²) in [4.78, 5) is 22.4. The van der Waals surface area contributed by atoms with Crippen molar-refractivity contribution in [1.29, 1.82) is 0 Å². The first-order valence-corrected chi connectivity index (χ1v) is 5.38. The molecule has 1 aromatic carbocycles. The van der Waals surface area contributed by atoms with E-state index in [1.807, 2.05) is 0 Å². The number of aliphatic hydroxyl groups excluding tert-OH is 1. The molecular formula is C13H13FO4. The molecule has 0 saturated heterocycles. The molecule has 0 aliphatic heterocycles. The zero-order valence-corrected chi connectivity index (χ0v) is 9.85. The molecule has 1 N–H and O–H groups in total. The van der Waals surface area contributed by atoms with Crippen molar-refractivity contribution in [2.45, 2.75) is 13.3 Å². The summed E-state index contributed by atoms with van der Waals surface area (Å²) in [6, 6.07) is 4.99. The summed E-state index contributed by atoms with van der Waals surface area (Å²) in [7, 11) is 0. The van der Waals surface area contributed by atoms with Gasteiger partial charge in [0.25, 0.3) is 0 Å². The van der Waals surface area contributed by atoms with E-state index in [1.165, 1.54) is 12.1 Å². The van der Waals surface area contributed by atoms with Gasteiger partial charge in [0.1, 0.15) is 18.0 Å². The van der Waals surface area contributed by atoms with Gasteiger partial charge < -0.3 is 9.84 Å². The largest absolute Gasteiger partial charge is 0.507 e. The van der Waals surface area contributed by atoms with Crippen molar-refractivity contribution in [2.75, 3.05) is 6.61 Å². The number of hydrogen-bond donors (Lipinski definition) is 1. The van der Waals surface area contributed by atoms with Crippen molar-refractivity contribution in [3.8, 4) is 0 Å². The van der Waals surface area contributed by atoms with Gasteiger partial charge in [0.2, 0.25) is 0 Å². The third-order valence-corrected chi connectivity index (χ3v) is 2.06. The van der Waals surface area contributed by atoms with Gasteiger partial charge in [0, 0.05) is 11.6 Å². The minimum Gasteiger partial charge on any atom is -0.507 e. The molecule has 0 aliphatic carbocycles. The molecular weight excluding hydrogens is 239 g/mol. The van der Waals surface area contributed by atoms with Gasteiger partial charge in [0.15, 0.2) is 5.78 Å². The Morgan fingerprint density at radius 3 is 2.50 bits per heavy atom. The predicted octanol–water partition coefficient (Wildman–Crippen LogP) is 2.25. The SMILES string of the molecule is CCOC(=O)CC(=O)/C=C(\O)c1ccc(F)cc1. The summed E-state index contributed by atoms with van der Waals surface area (Å²) in [6.45, 7) is 1.83. The molecule has 1 rings (SSSR count). The second-order valence-corrected chi connectivity index (χ2v) is 3.48. The van der Waals surface area contributed by atoms with Crippen LogP contribution in [0.3, 0.4) is 0 Å². The standard InChI is InChI=1S/C13H13FO4/c1-2-18-13(17)8-11(15)7-12(16)9-3-5-10(14)6-4-9/h3-7,16H,2,8H2,1H3/b12-7-. The van der Waals surface area contributed by atoms with E-state index in [-0.39, 0.29) is 12.4 Å². The molecule has 0 spiro atoms. The Kier molecular flexibility index (Phi) is 5.05. The Hall–Kier alpha value is -2.17. The second kappa shape index (κ2) is 6.54. The highest BCUT2D eigenvalue weighted by atomic mass is 19.1. The molecule has 4 nitrogen and oxygen atoms in total. The fourth-order valence-electron chi connectivity index (χ4n) is 1.26. The second-order valence-electron chi connectivity index (χ2n) is 3.48. The number of benzene rings is 1. The summed E-state index contributed by atoms with van der Waals surface area (Å²) < 4.78 is 17.2. The normalized spacial score (nSPS) is 11.1. The van der Waals surface area contributed by atoms with E-state index in [0.717, 1.165) is 18.2 Å². The number of aliphatic hydroxyl groups is 1. The van der Waals surface area contributed by atoms with Crippen LogP contribution in [0.1, 0.15) is 18.9 Å². The molecule has 0 aliphatic rings. The van der Waals surface area contributed by atoms with Crippen molar-refractivity contribution < 1.29 is 23.8 Å². The third-order valence-electron chi connectivity index (χ3n) is 2.06. The summed E-state index contributed by atoms with van der Waals surface area (Å²) in [5.41, 5.74) is 0.300. The van der Waals surface area contributed by atoms with Gasteiger partial charge in [-0.05, 0) is 31.2 Å². The first kappa shape index (κ1) is 13.9. The lowest BCUT2D eigenvalue weighted by Gasteiger charge is -2.01. The Morgan fingerprint density at radius 2 is 1.94 bits per heavy atom. The van der Waals surface area contributed by atoms with Gasteiger partial charge in [-0.15, -0.1) is 0 Å². The van der Waals surface area contributed by atoms with E-state index >= 15 is 0 Å². The number of hydrogen-bond acceptors (Lipinski definition) is 4. The highest BCUT2D eigenvalue weighted by Gasteiger charge is 2.09. The monoisotopic (exact) mass is 252 g/mol. The molecule has 0 unspecified atom stereocenters. The van der Waals surface area contributed by atoms with Crippen LogP contribution in [0.4, 0.5) is 4.39 Å². The number of rotatable bonds is 5. The molecule has 1 aromatic rings. The van der Waals surface area contributed by atoms with Gasteiger partial charge in [-0.3, -0.25) is 9.59 Å². The number of esters is 1. The van der Waals surface area contributed by atoms with Gasteiger partial charge in [-0.25, -0.2) is 4.39 Å². The number of carbonyl (C=O) groups excluding carboxylic acids is 2. The maximum absolute atomic E-state index is 12.6. The topological polar surface area (TPSA) is 63.6 Å². The van der Waals surface area contributed by atoms with Crippen LogP contribution in [0.25, 0.3) is 5.76 Å². The molecule has 0 bridgehead atoms. The fraction of sp³-hybridized carbons (Fsp3) is 0.231. The zero-order valence-electron chi connectivity index (χ0n) is 9.85. The van der Waals surface area contributed by atoms with Crippen molar-refractivity contribution in [3.05, 3.63) is 41.7 Å². The van der Waals surface area contributed by atoms with E-state index in [1.54, 1.807) is 6.92 Å². The highest BCUT2D eigenvalue weighted by molar-refractivity contribution is 6.04. The van der Waals surface area contributed by atoms with E-state index in [4.69, 9.17) is 0 Å². The van der Waals surface area contributed by atoms with Crippen LogP contribution < -0.4 is 0 Å². The Morgan fingerprint density at radius 1 is 1.33 bits per heavy atom. The van der Waals surface area contributed by atoms with Crippen LogP contribution in [-0.2, 0) is 14.3 Å². The molecule has 0 radical (unpaired) electrons. The first-order chi connectivity index (χ1) is 8.52. The third kappa shape index (κ3) is 4.37. The average molecular weight is 252 g/mol. The lowest BCUT2D eigenvalue weighted by atomic mass is 10.1. The molecule has 0 heterocycles. The van der Waals surface area contributed by atoms with Gasteiger partial charge in [-0.2, -0.15) is 0 Å². The highest BCUT2D eigenvalue weighted by Crippen LogP contribution is 2.12. The average Bonchev–Trinajstić information content (AvgIpc) is 2.29. The van der Waals surface area contributed by atoms with Crippen LogP contribution in [-0.4, -0.2) is 23.5 Å². The molecule has 0 aromatic heterocycles. The minimum absolute atomic E-state index is 0.194. The number of halogens is 1. The summed E-state index contributed by atoms with van der Waals surface area (Å²) in [5, 5.41) is 9.59.